The van der Waals surface area contributed by atoms with Crippen molar-refractivity contribution in [3.8, 4) is 11.5 Å². The van der Waals surface area contributed by atoms with Gasteiger partial charge in [-0.2, -0.15) is 0 Å². The number of fused-ring (bicyclic) bond motifs is 1. The van der Waals surface area contributed by atoms with Gasteiger partial charge in [-0.1, -0.05) is 53.8 Å². The lowest BCUT2D eigenvalue weighted by Crippen LogP contribution is -2.27. The van der Waals surface area contributed by atoms with Crippen LogP contribution in [-0.2, 0) is 14.3 Å². The minimum Gasteiger partial charge on any atom is -0.454 e. The molecule has 1 N–H and O–H groups in total. The van der Waals surface area contributed by atoms with E-state index in [1.807, 2.05) is 19.1 Å². The molecule has 8 nitrogen and oxygen atoms in total. The Morgan fingerprint density at radius 1 is 1.05 bits per heavy atom. The van der Waals surface area contributed by atoms with E-state index in [0.29, 0.717) is 37.7 Å². The molecule has 0 unspecified atom stereocenters. The zero-order valence-electron chi connectivity index (χ0n) is 19.6. The van der Waals surface area contributed by atoms with E-state index in [4.69, 9.17) is 26.4 Å². The number of nitrogens with zero attached hydrogens (tertiary/aromatic N) is 1. The van der Waals surface area contributed by atoms with Crippen LogP contribution in [0.25, 0.3) is 6.08 Å². The molecule has 3 aromatic carbocycles. The summed E-state index contributed by atoms with van der Waals surface area (Å²) in [5.74, 6) is -0.129. The summed E-state index contributed by atoms with van der Waals surface area (Å²) >= 11 is 6.62. The van der Waals surface area contributed by atoms with Crippen LogP contribution in [-0.4, -0.2) is 35.5 Å². The summed E-state index contributed by atoms with van der Waals surface area (Å²) in [4.78, 5) is 39.4. The van der Waals surface area contributed by atoms with E-state index in [0.717, 1.165) is 5.56 Å². The number of amides is 2. The van der Waals surface area contributed by atoms with Crippen molar-refractivity contribution >= 4 is 63.5 Å². The molecule has 0 aliphatic carbocycles. The predicted octanol–water partition coefficient (Wildman–Crippen LogP) is 4.93. The van der Waals surface area contributed by atoms with Crippen LogP contribution in [0.2, 0.25) is 0 Å². The molecule has 0 spiro atoms. The monoisotopic (exact) mass is 532 g/mol. The zero-order valence-corrected chi connectivity index (χ0v) is 21.2. The van der Waals surface area contributed by atoms with Crippen LogP contribution in [0.5, 0.6) is 11.5 Å². The second kappa shape index (κ2) is 10.5. The molecule has 3 aromatic rings. The molecule has 2 amide bonds. The number of nitrogens with one attached hydrogen (secondary N) is 1. The molecule has 0 radical (unpaired) electrons. The Hall–Kier alpha value is -4.15. The van der Waals surface area contributed by atoms with Gasteiger partial charge in [-0.25, -0.2) is 4.79 Å². The van der Waals surface area contributed by atoms with Gasteiger partial charge in [0.2, 0.25) is 6.79 Å². The number of hydrogen-bond acceptors (Lipinski definition) is 8. The molecule has 0 saturated carbocycles. The molecule has 2 heterocycles. The third-order valence-corrected chi connectivity index (χ3v) is 6.82. The third-order valence-electron chi connectivity index (χ3n) is 5.52. The molecule has 5 rings (SSSR count). The molecular formula is C27H20N2O6S2. The quantitative estimate of drug-likeness (QED) is 0.272. The highest BCUT2D eigenvalue weighted by molar-refractivity contribution is 8.27. The van der Waals surface area contributed by atoms with Crippen molar-refractivity contribution in [3.05, 3.63) is 88.3 Å². The predicted molar refractivity (Wildman–Crippen MR) is 145 cm³/mol. The summed E-state index contributed by atoms with van der Waals surface area (Å²) in [6, 6.07) is 19.0. The first kappa shape index (κ1) is 24.5. The molecule has 1 fully saturated rings. The minimum atomic E-state index is -0.625. The Bertz CT molecular complexity index is 1430. The van der Waals surface area contributed by atoms with Crippen molar-refractivity contribution in [2.24, 2.45) is 0 Å². The molecule has 0 atom stereocenters. The van der Waals surface area contributed by atoms with Crippen LogP contribution in [0.3, 0.4) is 0 Å². The first-order valence-electron chi connectivity index (χ1n) is 11.2. The number of aryl methyl sites for hydroxylation is 1. The lowest BCUT2D eigenvalue weighted by Gasteiger charge is -2.14. The van der Waals surface area contributed by atoms with Crippen molar-refractivity contribution in [1.82, 2.24) is 0 Å². The molecular weight excluding hydrogens is 512 g/mol. The van der Waals surface area contributed by atoms with Gasteiger partial charge in [-0.3, -0.25) is 14.5 Å². The maximum atomic E-state index is 13.1. The summed E-state index contributed by atoms with van der Waals surface area (Å²) in [6.45, 7) is 1.68. The van der Waals surface area contributed by atoms with Gasteiger partial charge in [0.05, 0.1) is 16.2 Å². The lowest BCUT2D eigenvalue weighted by molar-refractivity contribution is -0.119. The Kier molecular flexibility index (Phi) is 6.93. The van der Waals surface area contributed by atoms with Crippen LogP contribution < -0.4 is 19.7 Å². The fraction of sp³-hybridized carbons (Fsp3) is 0.111. The highest BCUT2D eigenvalue weighted by Crippen LogP contribution is 2.40. The summed E-state index contributed by atoms with van der Waals surface area (Å²) in [6.07, 6.45) is 1.70. The number of esters is 1. The third kappa shape index (κ3) is 5.50. The number of ether oxygens (including phenoxy) is 3. The van der Waals surface area contributed by atoms with E-state index >= 15 is 0 Å². The highest BCUT2D eigenvalue weighted by atomic mass is 32.2. The molecule has 10 heteroatoms. The van der Waals surface area contributed by atoms with Gasteiger partial charge in [0.25, 0.3) is 11.8 Å². The topological polar surface area (TPSA) is 94.2 Å². The van der Waals surface area contributed by atoms with Crippen molar-refractivity contribution in [2.45, 2.75) is 6.92 Å². The fourth-order valence-electron chi connectivity index (χ4n) is 3.63. The summed E-state index contributed by atoms with van der Waals surface area (Å²) in [7, 11) is 0. The Balaban J connectivity index is 1.20. The summed E-state index contributed by atoms with van der Waals surface area (Å²) < 4.78 is 16.2. The van der Waals surface area contributed by atoms with Gasteiger partial charge < -0.3 is 19.5 Å². The summed E-state index contributed by atoms with van der Waals surface area (Å²) in [5, 5.41) is 2.67. The Morgan fingerprint density at radius 3 is 2.54 bits per heavy atom. The van der Waals surface area contributed by atoms with E-state index in [2.05, 4.69) is 5.32 Å². The molecule has 1 saturated heterocycles. The van der Waals surface area contributed by atoms with E-state index in [1.54, 1.807) is 60.7 Å². The second-order valence-corrected chi connectivity index (χ2v) is 9.84. The van der Waals surface area contributed by atoms with Gasteiger partial charge >= 0.3 is 5.97 Å². The van der Waals surface area contributed by atoms with Gasteiger partial charge in [-0.15, -0.1) is 0 Å². The van der Waals surface area contributed by atoms with E-state index < -0.39 is 18.5 Å². The SMILES string of the molecule is Cc1ccc(NC(=O)COC(=O)c2ccc(/C=C3\SC(=S)N(c4ccc5c(c4)OCO5)C3=O)cc2)cc1. The first-order chi connectivity index (χ1) is 17.9. The van der Waals surface area contributed by atoms with Crippen molar-refractivity contribution in [1.29, 1.82) is 0 Å². The Labute approximate surface area is 222 Å². The first-order valence-corrected chi connectivity index (χ1v) is 12.4. The second-order valence-electron chi connectivity index (χ2n) is 8.17. The minimum absolute atomic E-state index is 0.140. The van der Waals surface area contributed by atoms with Crippen LogP contribution in [0.1, 0.15) is 21.5 Å². The summed E-state index contributed by atoms with van der Waals surface area (Å²) in [5.41, 5.74) is 3.29. The van der Waals surface area contributed by atoms with Crippen LogP contribution in [0, 0.1) is 6.92 Å². The molecule has 186 valence electrons. The van der Waals surface area contributed by atoms with Crippen LogP contribution in [0.15, 0.2) is 71.6 Å². The van der Waals surface area contributed by atoms with Gasteiger partial charge in [0.1, 0.15) is 0 Å². The number of carbonyl (C=O) groups is 3. The van der Waals surface area contributed by atoms with E-state index in [1.165, 1.54) is 16.7 Å². The van der Waals surface area contributed by atoms with Gasteiger partial charge in [0, 0.05) is 11.8 Å². The number of hydrogen-bond donors (Lipinski definition) is 1. The van der Waals surface area contributed by atoms with Crippen LogP contribution >= 0.6 is 24.0 Å². The number of rotatable bonds is 6. The van der Waals surface area contributed by atoms with E-state index in [9.17, 15) is 14.4 Å². The van der Waals surface area contributed by atoms with Crippen LogP contribution in [0.4, 0.5) is 11.4 Å². The van der Waals surface area contributed by atoms with Crippen molar-refractivity contribution in [3.63, 3.8) is 0 Å². The smallest absolute Gasteiger partial charge is 0.338 e. The zero-order chi connectivity index (χ0) is 25.9. The number of thiocarbonyl (C=S) groups is 1. The number of thioether (sulfide) groups is 1. The average Bonchev–Trinajstić information content (AvgIpc) is 3.47. The maximum Gasteiger partial charge on any atom is 0.338 e. The molecule has 2 aliphatic rings. The molecule has 0 bridgehead atoms. The standard InChI is InChI=1S/C27H20N2O6S2/c1-16-2-8-19(9-3-16)28-24(30)14-33-26(32)18-6-4-17(5-7-18)12-23-25(31)29(27(36)37-23)20-10-11-21-22(13-20)35-15-34-21/h2-13H,14-15H2,1H3,(H,28,30)/b23-12-. The highest BCUT2D eigenvalue weighted by Gasteiger charge is 2.34. The maximum absolute atomic E-state index is 13.1. The molecule has 0 aromatic heterocycles. The number of benzene rings is 3. The molecule has 2 aliphatic heterocycles. The van der Waals surface area contributed by atoms with Gasteiger partial charge in [0.15, 0.2) is 22.4 Å². The normalized spacial score (nSPS) is 15.3. The fourth-order valence-corrected chi connectivity index (χ4v) is 4.93. The lowest BCUT2D eigenvalue weighted by atomic mass is 10.1. The van der Waals surface area contributed by atoms with Gasteiger partial charge in [-0.05, 0) is 55.0 Å². The molecule has 37 heavy (non-hydrogen) atoms. The average molecular weight is 533 g/mol. The largest absolute Gasteiger partial charge is 0.454 e. The van der Waals surface area contributed by atoms with Crippen molar-refractivity contribution in [2.75, 3.05) is 23.6 Å². The number of carbonyl (C=O) groups excluding carboxylic acids is 3. The van der Waals surface area contributed by atoms with Crippen molar-refractivity contribution < 1.29 is 28.6 Å². The van der Waals surface area contributed by atoms with E-state index in [-0.39, 0.29) is 18.3 Å². The Morgan fingerprint density at radius 2 is 1.78 bits per heavy atom. The number of anilines is 2.